The van der Waals surface area contributed by atoms with Gasteiger partial charge in [-0.3, -0.25) is 0 Å². The van der Waals surface area contributed by atoms with Crippen molar-refractivity contribution in [2.75, 3.05) is 21.2 Å². The number of hydroxylamine groups is 2. The zero-order chi connectivity index (χ0) is 9.56. The van der Waals surface area contributed by atoms with Gasteiger partial charge in [-0.1, -0.05) is 0 Å². The molecule has 0 N–H and O–H groups in total. The fourth-order valence-corrected chi connectivity index (χ4v) is 0.414. The number of ether oxygens (including phenoxy) is 1. The summed E-state index contributed by atoms with van der Waals surface area (Å²) >= 11 is 0. The molecule has 12 heavy (non-hydrogen) atoms. The summed E-state index contributed by atoms with van der Waals surface area (Å²) in [7, 11) is 4.34. The van der Waals surface area contributed by atoms with Crippen LogP contribution in [0.3, 0.4) is 0 Å². The minimum absolute atomic E-state index is 0.592. The average molecular weight is 173 g/mol. The molecule has 0 aliphatic carbocycles. The molecule has 0 spiro atoms. The average Bonchev–Trinajstić information content (AvgIpc) is 1.99. The van der Waals surface area contributed by atoms with E-state index in [0.717, 1.165) is 12.2 Å². The zero-order valence-electron chi connectivity index (χ0n) is 7.23. The molecular weight excluding hydrogens is 162 g/mol. The third-order valence-electron chi connectivity index (χ3n) is 0.829. The fourth-order valence-electron chi connectivity index (χ4n) is 0.414. The lowest BCUT2D eigenvalue weighted by Gasteiger charge is -2.06. The van der Waals surface area contributed by atoms with E-state index in [-0.39, 0.29) is 0 Å². The Morgan fingerprint density at radius 2 is 1.67 bits per heavy atom. The van der Waals surface area contributed by atoms with Crippen molar-refractivity contribution in [2.24, 2.45) is 0 Å². The molecule has 0 aromatic heterocycles. The van der Waals surface area contributed by atoms with Crippen LogP contribution in [0.4, 0.5) is 0 Å². The maximum Gasteiger partial charge on any atom is 0.349 e. The molecule has 0 radical (unpaired) electrons. The number of nitrogens with zero attached hydrogens (tertiary/aromatic N) is 1. The van der Waals surface area contributed by atoms with Crippen LogP contribution < -0.4 is 0 Å². The SMILES string of the molecule is COC(=O)/C=C/C(=O)ON(C)C. The van der Waals surface area contributed by atoms with Crippen LogP contribution in [0.2, 0.25) is 0 Å². The van der Waals surface area contributed by atoms with Gasteiger partial charge in [-0.25, -0.2) is 9.59 Å². The minimum atomic E-state index is -0.620. The largest absolute Gasteiger partial charge is 0.466 e. The molecule has 0 saturated heterocycles. The van der Waals surface area contributed by atoms with Crippen LogP contribution in [0.15, 0.2) is 12.2 Å². The number of hydrogen-bond donors (Lipinski definition) is 0. The molecule has 0 bridgehead atoms. The van der Waals surface area contributed by atoms with Crippen LogP contribution in [0.5, 0.6) is 0 Å². The second kappa shape index (κ2) is 5.31. The molecule has 0 aliphatic heterocycles. The lowest BCUT2D eigenvalue weighted by atomic mass is 10.5. The Morgan fingerprint density at radius 3 is 2.08 bits per heavy atom. The van der Waals surface area contributed by atoms with E-state index in [9.17, 15) is 9.59 Å². The third-order valence-corrected chi connectivity index (χ3v) is 0.829. The van der Waals surface area contributed by atoms with E-state index >= 15 is 0 Å². The molecule has 5 heteroatoms. The van der Waals surface area contributed by atoms with Crippen LogP contribution in [-0.2, 0) is 19.2 Å². The summed E-state index contributed by atoms with van der Waals surface area (Å²) in [5, 5.41) is 1.23. The van der Waals surface area contributed by atoms with Crippen molar-refractivity contribution in [2.45, 2.75) is 0 Å². The van der Waals surface area contributed by atoms with Crippen molar-refractivity contribution in [3.63, 3.8) is 0 Å². The van der Waals surface area contributed by atoms with Gasteiger partial charge in [-0.15, -0.1) is 5.06 Å². The lowest BCUT2D eigenvalue weighted by Crippen LogP contribution is -2.16. The van der Waals surface area contributed by atoms with E-state index in [1.807, 2.05) is 0 Å². The first-order chi connectivity index (χ1) is 5.56. The molecule has 0 rings (SSSR count). The molecule has 0 saturated carbocycles. The van der Waals surface area contributed by atoms with Gasteiger partial charge in [0.15, 0.2) is 0 Å². The summed E-state index contributed by atoms with van der Waals surface area (Å²) in [5.74, 6) is -1.21. The third kappa shape index (κ3) is 5.43. The number of carbonyl (C=O) groups excluding carboxylic acids is 2. The second-order valence-corrected chi connectivity index (χ2v) is 2.08. The van der Waals surface area contributed by atoms with Crippen molar-refractivity contribution in [1.82, 2.24) is 5.06 Å². The molecule has 0 heterocycles. The van der Waals surface area contributed by atoms with E-state index in [1.165, 1.54) is 12.2 Å². The molecular formula is C7H11NO4. The summed E-state index contributed by atoms with van der Waals surface area (Å²) in [6.07, 6.45) is 1.98. The number of hydrogen-bond acceptors (Lipinski definition) is 5. The van der Waals surface area contributed by atoms with Gasteiger partial charge < -0.3 is 9.57 Å². The fraction of sp³-hybridized carbons (Fsp3) is 0.429. The Balaban J connectivity index is 3.83. The van der Waals surface area contributed by atoms with Gasteiger partial charge >= 0.3 is 11.9 Å². The highest BCUT2D eigenvalue weighted by atomic mass is 16.7. The van der Waals surface area contributed by atoms with Gasteiger partial charge in [-0.2, -0.15) is 0 Å². The Hall–Kier alpha value is -1.36. The second-order valence-electron chi connectivity index (χ2n) is 2.08. The summed E-state index contributed by atoms with van der Waals surface area (Å²) in [6, 6.07) is 0. The van der Waals surface area contributed by atoms with Crippen LogP contribution in [0.1, 0.15) is 0 Å². The zero-order valence-corrected chi connectivity index (χ0v) is 7.23. The number of rotatable bonds is 3. The highest BCUT2D eigenvalue weighted by molar-refractivity contribution is 5.91. The quantitative estimate of drug-likeness (QED) is 0.334. The Kier molecular flexibility index (Phi) is 4.71. The van der Waals surface area contributed by atoms with Crippen molar-refractivity contribution in [1.29, 1.82) is 0 Å². The Morgan fingerprint density at radius 1 is 1.17 bits per heavy atom. The van der Waals surface area contributed by atoms with E-state index in [0.29, 0.717) is 0 Å². The normalized spacial score (nSPS) is 10.3. The monoisotopic (exact) mass is 173 g/mol. The summed E-state index contributed by atoms with van der Waals surface area (Å²) in [5.41, 5.74) is 0. The summed E-state index contributed by atoms with van der Waals surface area (Å²) in [6.45, 7) is 0. The standard InChI is InChI=1S/C7H11NO4/c1-8(2)12-7(10)5-4-6(9)11-3/h4-5H,1-3H3/b5-4+. The maximum absolute atomic E-state index is 10.7. The molecule has 0 aromatic rings. The number of esters is 1. The topological polar surface area (TPSA) is 55.8 Å². The predicted molar refractivity (Wildman–Crippen MR) is 40.9 cm³/mol. The van der Waals surface area contributed by atoms with Gasteiger partial charge in [0.05, 0.1) is 7.11 Å². The predicted octanol–water partition coefficient (Wildman–Crippen LogP) is -0.265. The molecule has 0 unspecified atom stereocenters. The number of methoxy groups -OCH3 is 1. The van der Waals surface area contributed by atoms with Crippen molar-refractivity contribution in [3.05, 3.63) is 12.2 Å². The highest BCUT2D eigenvalue weighted by Crippen LogP contribution is 1.85. The van der Waals surface area contributed by atoms with Crippen molar-refractivity contribution in [3.8, 4) is 0 Å². The highest BCUT2D eigenvalue weighted by Gasteiger charge is 1.99. The summed E-state index contributed by atoms with van der Waals surface area (Å²) in [4.78, 5) is 25.7. The molecule has 0 amide bonds. The van der Waals surface area contributed by atoms with Gasteiger partial charge in [0.2, 0.25) is 0 Å². The summed E-state index contributed by atoms with van der Waals surface area (Å²) < 4.78 is 4.26. The maximum atomic E-state index is 10.7. The Bertz CT molecular complexity index is 198. The van der Waals surface area contributed by atoms with Gasteiger partial charge in [-0.05, 0) is 0 Å². The smallest absolute Gasteiger partial charge is 0.349 e. The van der Waals surface area contributed by atoms with Gasteiger partial charge in [0, 0.05) is 26.2 Å². The van der Waals surface area contributed by atoms with Crippen LogP contribution >= 0.6 is 0 Å². The number of carbonyl (C=O) groups is 2. The molecule has 0 aromatic carbocycles. The molecule has 0 atom stereocenters. The van der Waals surface area contributed by atoms with Crippen LogP contribution in [0, 0.1) is 0 Å². The van der Waals surface area contributed by atoms with Crippen LogP contribution in [0.25, 0.3) is 0 Å². The van der Waals surface area contributed by atoms with Crippen molar-refractivity contribution >= 4 is 11.9 Å². The molecule has 68 valence electrons. The first-order valence-corrected chi connectivity index (χ1v) is 3.21. The van der Waals surface area contributed by atoms with E-state index in [2.05, 4.69) is 9.57 Å². The van der Waals surface area contributed by atoms with E-state index in [4.69, 9.17) is 0 Å². The van der Waals surface area contributed by atoms with Crippen LogP contribution in [-0.4, -0.2) is 38.2 Å². The van der Waals surface area contributed by atoms with Crippen molar-refractivity contribution < 1.29 is 19.2 Å². The molecule has 0 aliphatic rings. The Labute approximate surface area is 70.5 Å². The first-order valence-electron chi connectivity index (χ1n) is 3.21. The van der Waals surface area contributed by atoms with Gasteiger partial charge in [0.1, 0.15) is 0 Å². The molecule has 0 fully saturated rings. The minimum Gasteiger partial charge on any atom is -0.466 e. The molecule has 5 nitrogen and oxygen atoms in total. The lowest BCUT2D eigenvalue weighted by molar-refractivity contribution is -0.171. The van der Waals surface area contributed by atoms with Gasteiger partial charge in [0.25, 0.3) is 0 Å². The first kappa shape index (κ1) is 10.6. The van der Waals surface area contributed by atoms with E-state index in [1.54, 1.807) is 14.1 Å². The van der Waals surface area contributed by atoms with E-state index < -0.39 is 11.9 Å².